The highest BCUT2D eigenvalue weighted by atomic mass is 35.5. The summed E-state index contributed by atoms with van der Waals surface area (Å²) in [6.45, 7) is 0. The summed E-state index contributed by atoms with van der Waals surface area (Å²) in [5, 5.41) is 5.39. The molecule has 1 aromatic carbocycles. The van der Waals surface area contributed by atoms with Crippen LogP contribution >= 0.6 is 23.2 Å². The minimum atomic E-state index is -0.244. The molecule has 4 rings (SSSR count). The van der Waals surface area contributed by atoms with Crippen LogP contribution in [0, 0.1) is 0 Å². The fraction of sp³-hybridized carbons (Fsp3) is 0. The van der Waals surface area contributed by atoms with Crippen molar-refractivity contribution in [3.8, 4) is 5.69 Å². The van der Waals surface area contributed by atoms with Crippen LogP contribution in [0.15, 0.2) is 47.8 Å². The number of fused-ring (bicyclic) bond motifs is 3. The highest BCUT2D eigenvalue weighted by molar-refractivity contribution is 6.35. The lowest BCUT2D eigenvalue weighted by molar-refractivity contribution is 0.958. The minimum Gasteiger partial charge on any atom is -0.282 e. The van der Waals surface area contributed by atoms with Gasteiger partial charge in [-0.05, 0) is 24.3 Å². The van der Waals surface area contributed by atoms with Crippen molar-refractivity contribution in [2.75, 3.05) is 0 Å². The lowest BCUT2D eigenvalue weighted by Crippen LogP contribution is -2.19. The molecule has 0 fully saturated rings. The van der Waals surface area contributed by atoms with Crippen molar-refractivity contribution in [3.63, 3.8) is 0 Å². The van der Waals surface area contributed by atoms with E-state index >= 15 is 0 Å². The van der Waals surface area contributed by atoms with Gasteiger partial charge in [0.1, 0.15) is 6.33 Å². The van der Waals surface area contributed by atoms with E-state index in [-0.39, 0.29) is 5.56 Å². The molecule has 8 heteroatoms. The smallest absolute Gasteiger partial charge is 0.266 e. The molecule has 0 atom stereocenters. The van der Waals surface area contributed by atoms with E-state index in [0.717, 1.165) is 0 Å². The molecule has 0 saturated heterocycles. The lowest BCUT2D eigenvalue weighted by atomic mass is 10.2. The first-order valence-electron chi connectivity index (χ1n) is 6.31. The van der Waals surface area contributed by atoms with Crippen LogP contribution in [0.3, 0.4) is 0 Å². The number of pyridine rings is 1. The van der Waals surface area contributed by atoms with Gasteiger partial charge in [0.15, 0.2) is 0 Å². The van der Waals surface area contributed by atoms with Gasteiger partial charge in [0.2, 0.25) is 0 Å². The number of hydrogen-bond donors (Lipinski definition) is 0. The summed E-state index contributed by atoms with van der Waals surface area (Å²) in [6, 6.07) is 6.73. The number of aromatic nitrogens is 5. The zero-order chi connectivity index (χ0) is 15.3. The van der Waals surface area contributed by atoms with Gasteiger partial charge in [-0.3, -0.25) is 9.36 Å². The standard InChI is InChI=1S/C14H7Cl2N5O/c15-8-1-2-12(10(16)5-8)20-4-3-11-9(13(20)22)6-17-14-18-7-19-21(11)14/h1-7H. The Kier molecular flexibility index (Phi) is 2.88. The van der Waals surface area contributed by atoms with Crippen LogP contribution in [0.5, 0.6) is 0 Å². The maximum atomic E-state index is 12.7. The monoisotopic (exact) mass is 331 g/mol. The Morgan fingerprint density at radius 2 is 1.95 bits per heavy atom. The van der Waals surface area contributed by atoms with Crippen LogP contribution in [0.2, 0.25) is 10.0 Å². The SMILES string of the molecule is O=c1c2cnc3ncnn3c2ccn1-c1ccc(Cl)cc1Cl. The largest absolute Gasteiger partial charge is 0.282 e. The third-order valence-corrected chi connectivity index (χ3v) is 3.88. The van der Waals surface area contributed by atoms with Crippen LogP contribution in [0.1, 0.15) is 0 Å². The van der Waals surface area contributed by atoms with E-state index in [1.54, 1.807) is 30.5 Å². The van der Waals surface area contributed by atoms with Crippen LogP contribution < -0.4 is 5.56 Å². The quantitative estimate of drug-likeness (QED) is 0.538. The summed E-state index contributed by atoms with van der Waals surface area (Å²) >= 11 is 12.1. The number of hydrogen-bond acceptors (Lipinski definition) is 4. The molecule has 0 unspecified atom stereocenters. The molecular formula is C14H7Cl2N5O. The summed E-state index contributed by atoms with van der Waals surface area (Å²) in [6.07, 6.45) is 4.52. The minimum absolute atomic E-state index is 0.244. The molecule has 108 valence electrons. The Morgan fingerprint density at radius 3 is 2.77 bits per heavy atom. The molecular weight excluding hydrogens is 325 g/mol. The van der Waals surface area contributed by atoms with Gasteiger partial charge in [-0.1, -0.05) is 23.2 Å². The average molecular weight is 332 g/mol. The molecule has 0 amide bonds. The van der Waals surface area contributed by atoms with Gasteiger partial charge in [0.25, 0.3) is 11.3 Å². The first kappa shape index (κ1) is 13.2. The maximum Gasteiger partial charge on any atom is 0.266 e. The van der Waals surface area contributed by atoms with Crippen molar-refractivity contribution in [2.24, 2.45) is 0 Å². The third kappa shape index (κ3) is 1.88. The Balaban J connectivity index is 2.06. The van der Waals surface area contributed by atoms with Gasteiger partial charge in [-0.15, -0.1) is 0 Å². The lowest BCUT2D eigenvalue weighted by Gasteiger charge is -2.09. The van der Waals surface area contributed by atoms with E-state index < -0.39 is 0 Å². The first-order chi connectivity index (χ1) is 10.6. The van der Waals surface area contributed by atoms with Crippen LogP contribution in [0.25, 0.3) is 22.4 Å². The molecule has 0 bridgehead atoms. The van der Waals surface area contributed by atoms with Gasteiger partial charge in [0, 0.05) is 17.4 Å². The van der Waals surface area contributed by atoms with Crippen LogP contribution in [-0.4, -0.2) is 24.1 Å². The van der Waals surface area contributed by atoms with E-state index in [1.807, 2.05) is 0 Å². The molecule has 0 aliphatic carbocycles. The highest BCUT2D eigenvalue weighted by Crippen LogP contribution is 2.24. The molecule has 0 radical (unpaired) electrons. The second kappa shape index (κ2) is 4.79. The second-order valence-corrected chi connectivity index (χ2v) is 5.46. The van der Waals surface area contributed by atoms with Gasteiger partial charge < -0.3 is 0 Å². The maximum absolute atomic E-state index is 12.7. The topological polar surface area (TPSA) is 65.1 Å². The predicted molar refractivity (Wildman–Crippen MR) is 83.9 cm³/mol. The zero-order valence-corrected chi connectivity index (χ0v) is 12.5. The van der Waals surface area contributed by atoms with Gasteiger partial charge >= 0.3 is 0 Å². The van der Waals surface area contributed by atoms with Crippen molar-refractivity contribution >= 4 is 39.9 Å². The van der Waals surface area contributed by atoms with E-state index in [2.05, 4.69) is 15.1 Å². The van der Waals surface area contributed by atoms with E-state index in [9.17, 15) is 4.79 Å². The molecule has 3 aromatic heterocycles. The van der Waals surface area contributed by atoms with Crippen molar-refractivity contribution < 1.29 is 0 Å². The highest BCUT2D eigenvalue weighted by Gasteiger charge is 2.11. The molecule has 3 heterocycles. The van der Waals surface area contributed by atoms with E-state index in [0.29, 0.717) is 32.4 Å². The van der Waals surface area contributed by atoms with Crippen molar-refractivity contribution in [2.45, 2.75) is 0 Å². The number of benzene rings is 1. The fourth-order valence-corrected chi connectivity index (χ4v) is 2.83. The molecule has 0 spiro atoms. The van der Waals surface area contributed by atoms with E-state index in [4.69, 9.17) is 23.2 Å². The first-order valence-corrected chi connectivity index (χ1v) is 7.06. The fourth-order valence-electron chi connectivity index (χ4n) is 2.33. The van der Waals surface area contributed by atoms with Crippen molar-refractivity contribution in [1.82, 2.24) is 24.1 Å². The van der Waals surface area contributed by atoms with Gasteiger partial charge in [0.05, 0.1) is 21.6 Å². The van der Waals surface area contributed by atoms with Gasteiger partial charge in [-0.2, -0.15) is 14.6 Å². The Labute approximate surface area is 133 Å². The Hall–Kier alpha value is -2.44. The van der Waals surface area contributed by atoms with E-state index in [1.165, 1.54) is 21.6 Å². The number of rotatable bonds is 1. The molecule has 0 aliphatic rings. The molecule has 0 aliphatic heterocycles. The Morgan fingerprint density at radius 1 is 1.09 bits per heavy atom. The third-order valence-electron chi connectivity index (χ3n) is 3.34. The number of halogens is 2. The van der Waals surface area contributed by atoms with Crippen molar-refractivity contribution in [1.29, 1.82) is 0 Å². The van der Waals surface area contributed by atoms with Crippen LogP contribution in [0.4, 0.5) is 0 Å². The van der Waals surface area contributed by atoms with Gasteiger partial charge in [-0.25, -0.2) is 4.98 Å². The number of nitrogens with zero attached hydrogens (tertiary/aromatic N) is 5. The normalized spacial score (nSPS) is 11.4. The summed E-state index contributed by atoms with van der Waals surface area (Å²) < 4.78 is 2.97. The van der Waals surface area contributed by atoms with Crippen molar-refractivity contribution in [3.05, 3.63) is 63.4 Å². The zero-order valence-electron chi connectivity index (χ0n) is 10.9. The molecule has 6 nitrogen and oxygen atoms in total. The Bertz CT molecular complexity index is 1090. The summed E-state index contributed by atoms with van der Waals surface area (Å²) in [7, 11) is 0. The predicted octanol–water partition coefficient (Wildman–Crippen LogP) is 2.74. The summed E-state index contributed by atoms with van der Waals surface area (Å²) in [5.74, 6) is 0.439. The average Bonchev–Trinajstić information content (AvgIpc) is 2.97. The molecule has 22 heavy (non-hydrogen) atoms. The molecule has 4 aromatic rings. The summed E-state index contributed by atoms with van der Waals surface area (Å²) in [5.41, 5.74) is 0.942. The molecule has 0 saturated carbocycles. The second-order valence-electron chi connectivity index (χ2n) is 4.62. The molecule has 0 N–H and O–H groups in total. The summed E-state index contributed by atoms with van der Waals surface area (Å²) in [4.78, 5) is 20.8. The van der Waals surface area contributed by atoms with Crippen LogP contribution in [-0.2, 0) is 0 Å².